The molecule has 0 unspecified atom stereocenters. The molecule has 0 aliphatic carbocycles. The molecule has 3 N–H and O–H groups in total. The maximum atomic E-state index is 12.1. The van der Waals surface area contributed by atoms with Crippen LogP contribution in [0.5, 0.6) is 0 Å². The highest BCUT2D eigenvalue weighted by molar-refractivity contribution is 7.89. The number of hydrogen-bond donors (Lipinski definition) is 2. The van der Waals surface area contributed by atoms with Crippen LogP contribution in [0.25, 0.3) is 0 Å². The Kier molecular flexibility index (Phi) is 4.06. The van der Waals surface area contributed by atoms with Crippen molar-refractivity contribution in [2.45, 2.75) is 37.6 Å². The van der Waals surface area contributed by atoms with E-state index in [1.807, 2.05) is 20.8 Å². The molecule has 0 saturated heterocycles. The van der Waals surface area contributed by atoms with Crippen LogP contribution in [-0.2, 0) is 10.0 Å². The summed E-state index contributed by atoms with van der Waals surface area (Å²) in [6.45, 7) is 5.56. The van der Waals surface area contributed by atoms with Gasteiger partial charge in [0.05, 0.1) is 15.6 Å². The van der Waals surface area contributed by atoms with Crippen LogP contribution in [0.3, 0.4) is 0 Å². The van der Waals surface area contributed by atoms with Gasteiger partial charge in [-0.2, -0.15) is 0 Å². The number of halogens is 1. The molecular weight excluding hydrogens is 260 g/mol. The fraction of sp³-hybridized carbons (Fsp3) is 0.455. The highest BCUT2D eigenvalue weighted by atomic mass is 35.5. The molecule has 0 radical (unpaired) electrons. The second-order valence-corrected chi connectivity index (χ2v) is 6.62. The minimum absolute atomic E-state index is 0.126. The Morgan fingerprint density at radius 2 is 2.00 bits per heavy atom. The Labute approximate surface area is 107 Å². The quantitative estimate of drug-likeness (QED) is 0.830. The summed E-state index contributed by atoms with van der Waals surface area (Å²) < 4.78 is 26.7. The van der Waals surface area contributed by atoms with E-state index in [0.717, 1.165) is 0 Å². The van der Waals surface area contributed by atoms with E-state index in [1.165, 1.54) is 18.2 Å². The smallest absolute Gasteiger partial charge is 0.241 e. The monoisotopic (exact) mass is 276 g/mol. The van der Waals surface area contributed by atoms with E-state index in [-0.39, 0.29) is 10.6 Å². The predicted molar refractivity (Wildman–Crippen MR) is 70.6 cm³/mol. The van der Waals surface area contributed by atoms with Crippen molar-refractivity contribution in [2.75, 3.05) is 5.73 Å². The average molecular weight is 277 g/mol. The molecular formula is C11H17ClN2O2S. The molecule has 0 amide bonds. The summed E-state index contributed by atoms with van der Waals surface area (Å²) in [6.07, 6.45) is 0.690. The number of anilines is 1. The van der Waals surface area contributed by atoms with Crippen LogP contribution in [0.15, 0.2) is 23.1 Å². The summed E-state index contributed by atoms with van der Waals surface area (Å²) in [5, 5.41) is 0.346. The highest BCUT2D eigenvalue weighted by Gasteiger charge is 2.24. The lowest BCUT2D eigenvalue weighted by molar-refractivity contribution is 0.439. The van der Waals surface area contributed by atoms with Crippen molar-refractivity contribution in [2.24, 2.45) is 0 Å². The molecule has 0 aliphatic rings. The number of nitrogens with one attached hydrogen (secondary N) is 1. The number of sulfonamides is 1. The molecule has 96 valence electrons. The zero-order valence-corrected chi connectivity index (χ0v) is 11.7. The van der Waals surface area contributed by atoms with Gasteiger partial charge in [0.25, 0.3) is 0 Å². The van der Waals surface area contributed by atoms with E-state index in [2.05, 4.69) is 4.72 Å². The molecule has 0 fully saturated rings. The summed E-state index contributed by atoms with van der Waals surface area (Å²) in [7, 11) is -3.56. The van der Waals surface area contributed by atoms with Crippen LogP contribution in [0.2, 0.25) is 5.02 Å². The van der Waals surface area contributed by atoms with Gasteiger partial charge in [-0.3, -0.25) is 0 Å². The molecule has 0 saturated carbocycles. The lowest BCUT2D eigenvalue weighted by Gasteiger charge is -2.24. The third-order valence-corrected chi connectivity index (χ3v) is 4.61. The first-order valence-corrected chi connectivity index (χ1v) is 7.13. The lowest BCUT2D eigenvalue weighted by atomic mass is 10.0. The van der Waals surface area contributed by atoms with Gasteiger partial charge in [0.1, 0.15) is 0 Å². The predicted octanol–water partition coefficient (Wildman–Crippen LogP) is 2.39. The Morgan fingerprint density at radius 1 is 1.41 bits per heavy atom. The topological polar surface area (TPSA) is 72.2 Å². The Hall–Kier alpha value is -0.780. The minimum atomic E-state index is -3.56. The molecule has 0 atom stereocenters. The summed E-state index contributed by atoms with van der Waals surface area (Å²) >= 11 is 5.75. The molecule has 1 aromatic carbocycles. The third-order valence-electron chi connectivity index (χ3n) is 2.57. The molecule has 0 aliphatic heterocycles. The van der Waals surface area contributed by atoms with E-state index >= 15 is 0 Å². The Morgan fingerprint density at radius 3 is 2.47 bits per heavy atom. The number of benzene rings is 1. The van der Waals surface area contributed by atoms with Gasteiger partial charge in [0, 0.05) is 5.54 Å². The zero-order valence-electron chi connectivity index (χ0n) is 10.1. The first kappa shape index (κ1) is 14.3. The van der Waals surface area contributed by atoms with Gasteiger partial charge in [-0.15, -0.1) is 0 Å². The standard InChI is InChI=1S/C11H17ClN2O2S/c1-4-11(2,3)14-17(15,16)8-5-6-9(12)10(13)7-8/h5-7,14H,4,13H2,1-3H3. The molecule has 17 heavy (non-hydrogen) atoms. The van der Waals surface area contributed by atoms with Gasteiger partial charge in [0.15, 0.2) is 0 Å². The molecule has 4 nitrogen and oxygen atoms in total. The minimum Gasteiger partial charge on any atom is -0.397 e. The van der Waals surface area contributed by atoms with Crippen LogP contribution >= 0.6 is 11.6 Å². The van der Waals surface area contributed by atoms with Crippen molar-refractivity contribution in [3.63, 3.8) is 0 Å². The SMILES string of the molecule is CCC(C)(C)NS(=O)(=O)c1ccc(Cl)c(N)c1. The van der Waals surface area contributed by atoms with E-state index in [1.54, 1.807) is 0 Å². The van der Waals surface area contributed by atoms with Crippen LogP contribution in [0.1, 0.15) is 27.2 Å². The van der Waals surface area contributed by atoms with Crippen molar-refractivity contribution in [1.29, 1.82) is 0 Å². The van der Waals surface area contributed by atoms with E-state index in [4.69, 9.17) is 17.3 Å². The third kappa shape index (κ3) is 3.59. The van der Waals surface area contributed by atoms with Gasteiger partial charge in [0.2, 0.25) is 10.0 Å². The fourth-order valence-corrected chi connectivity index (χ4v) is 2.82. The van der Waals surface area contributed by atoms with Gasteiger partial charge < -0.3 is 5.73 Å². The fourth-order valence-electron chi connectivity index (χ4n) is 1.18. The maximum Gasteiger partial charge on any atom is 0.241 e. The van der Waals surface area contributed by atoms with Crippen molar-refractivity contribution in [3.8, 4) is 0 Å². The highest BCUT2D eigenvalue weighted by Crippen LogP contribution is 2.23. The van der Waals surface area contributed by atoms with Crippen molar-refractivity contribution >= 4 is 27.3 Å². The lowest BCUT2D eigenvalue weighted by Crippen LogP contribution is -2.42. The van der Waals surface area contributed by atoms with Crippen LogP contribution in [0.4, 0.5) is 5.69 Å². The van der Waals surface area contributed by atoms with Crippen molar-refractivity contribution in [1.82, 2.24) is 4.72 Å². The maximum absolute atomic E-state index is 12.1. The Bertz CT molecular complexity index is 512. The summed E-state index contributed by atoms with van der Waals surface area (Å²) in [5.41, 5.74) is 5.35. The second-order valence-electron chi connectivity index (χ2n) is 4.53. The largest absolute Gasteiger partial charge is 0.397 e. The van der Waals surface area contributed by atoms with Crippen molar-refractivity contribution in [3.05, 3.63) is 23.2 Å². The van der Waals surface area contributed by atoms with Crippen molar-refractivity contribution < 1.29 is 8.42 Å². The first-order valence-electron chi connectivity index (χ1n) is 5.27. The van der Waals surface area contributed by atoms with E-state index < -0.39 is 15.6 Å². The number of nitrogen functional groups attached to an aromatic ring is 1. The summed E-state index contributed by atoms with van der Waals surface area (Å²) in [4.78, 5) is 0.126. The summed E-state index contributed by atoms with van der Waals surface area (Å²) in [5.74, 6) is 0. The molecule has 0 heterocycles. The van der Waals surface area contributed by atoms with Crippen LogP contribution in [0, 0.1) is 0 Å². The molecule has 0 spiro atoms. The van der Waals surface area contributed by atoms with Gasteiger partial charge in [-0.05, 0) is 38.5 Å². The number of hydrogen-bond acceptors (Lipinski definition) is 3. The van der Waals surface area contributed by atoms with Gasteiger partial charge in [-0.25, -0.2) is 13.1 Å². The molecule has 0 aromatic heterocycles. The van der Waals surface area contributed by atoms with E-state index in [9.17, 15) is 8.42 Å². The second kappa shape index (κ2) is 4.84. The number of nitrogens with two attached hydrogens (primary N) is 1. The van der Waals surface area contributed by atoms with Gasteiger partial charge >= 0.3 is 0 Å². The molecule has 1 aromatic rings. The normalized spacial score (nSPS) is 12.7. The average Bonchev–Trinajstić information content (AvgIpc) is 2.20. The Balaban J connectivity index is 3.10. The van der Waals surface area contributed by atoms with E-state index in [0.29, 0.717) is 11.4 Å². The summed E-state index contributed by atoms with van der Waals surface area (Å²) in [6, 6.07) is 4.27. The zero-order chi connectivity index (χ0) is 13.3. The molecule has 6 heteroatoms. The molecule has 0 bridgehead atoms. The molecule has 1 rings (SSSR count). The van der Waals surface area contributed by atoms with Crippen LogP contribution in [-0.4, -0.2) is 14.0 Å². The number of rotatable bonds is 4. The van der Waals surface area contributed by atoms with Crippen LogP contribution < -0.4 is 10.5 Å². The first-order chi connectivity index (χ1) is 7.68. The van der Waals surface area contributed by atoms with Gasteiger partial charge in [-0.1, -0.05) is 18.5 Å².